The summed E-state index contributed by atoms with van der Waals surface area (Å²) in [5.41, 5.74) is 6.32. The fraction of sp³-hybridized carbons (Fsp3) is 0.621. The molecule has 0 fully saturated rings. The second kappa shape index (κ2) is 12.4. The van der Waals surface area contributed by atoms with Crippen LogP contribution in [0.1, 0.15) is 85.4 Å². The van der Waals surface area contributed by atoms with Gasteiger partial charge in [-0.2, -0.15) is 0 Å². The summed E-state index contributed by atoms with van der Waals surface area (Å²) >= 11 is 0. The first-order valence-corrected chi connectivity index (χ1v) is 12.5. The van der Waals surface area contributed by atoms with E-state index in [2.05, 4.69) is 66.7 Å². The number of aliphatic hydroxyl groups excluding tert-OH is 1. The van der Waals surface area contributed by atoms with Crippen LogP contribution in [0.5, 0.6) is 5.75 Å². The molecule has 1 aromatic heterocycles. The van der Waals surface area contributed by atoms with E-state index in [-0.39, 0.29) is 17.6 Å². The van der Waals surface area contributed by atoms with Crippen molar-refractivity contribution in [1.29, 1.82) is 0 Å². The van der Waals surface area contributed by atoms with Gasteiger partial charge in [0.2, 0.25) is 0 Å². The van der Waals surface area contributed by atoms with E-state index in [9.17, 15) is 9.90 Å². The van der Waals surface area contributed by atoms with Crippen molar-refractivity contribution in [2.75, 3.05) is 13.2 Å². The minimum absolute atomic E-state index is 0.0278. The molecule has 1 heterocycles. The van der Waals surface area contributed by atoms with Crippen LogP contribution in [0.4, 0.5) is 0 Å². The maximum Gasteiger partial charge on any atom is 0.254 e. The molecular weight excluding hydrogens is 410 g/mol. The number of allylic oxidation sites excluding steroid dienone is 5. The predicted octanol–water partition coefficient (Wildman–Crippen LogP) is 6.40. The standard InChI is InChI=1S/C29H45NO3/c1-21(2)10-8-11-23(5)14-17-33-27-19-28(32)30(15-9-16-31)26-20-29(6,7)24(18-25(26)27)13-12-22(3)4/h10,12,14,19,24,31H,8-9,11,13,15-18,20H2,1-7H3/b23-14+. The Kier molecular flexibility index (Phi) is 10.2. The summed E-state index contributed by atoms with van der Waals surface area (Å²) in [4.78, 5) is 13.0. The Bertz CT molecular complexity index is 938. The van der Waals surface area contributed by atoms with Crippen molar-refractivity contribution in [3.63, 3.8) is 0 Å². The molecule has 2 rings (SSSR count). The van der Waals surface area contributed by atoms with Crippen molar-refractivity contribution in [3.05, 3.63) is 62.6 Å². The maximum absolute atomic E-state index is 13.0. The molecule has 0 aliphatic heterocycles. The van der Waals surface area contributed by atoms with Gasteiger partial charge in [-0.3, -0.25) is 4.79 Å². The molecule has 4 nitrogen and oxygen atoms in total. The molecule has 1 aliphatic carbocycles. The van der Waals surface area contributed by atoms with E-state index in [0.717, 1.165) is 43.5 Å². The van der Waals surface area contributed by atoms with Gasteiger partial charge in [0.25, 0.3) is 5.56 Å². The van der Waals surface area contributed by atoms with Crippen LogP contribution in [-0.2, 0) is 19.4 Å². The normalized spacial score (nSPS) is 17.3. The first-order chi connectivity index (χ1) is 15.5. The van der Waals surface area contributed by atoms with Crippen molar-refractivity contribution in [2.45, 2.75) is 93.5 Å². The molecule has 0 spiro atoms. The van der Waals surface area contributed by atoms with Gasteiger partial charge >= 0.3 is 0 Å². The topological polar surface area (TPSA) is 51.5 Å². The molecule has 0 aromatic carbocycles. The van der Waals surface area contributed by atoms with E-state index >= 15 is 0 Å². The molecular formula is C29H45NO3. The zero-order valence-corrected chi connectivity index (χ0v) is 22.0. The van der Waals surface area contributed by atoms with Crippen LogP contribution in [0.3, 0.4) is 0 Å². The predicted molar refractivity (Wildman–Crippen MR) is 139 cm³/mol. The minimum atomic E-state index is -0.0278. The zero-order valence-electron chi connectivity index (χ0n) is 22.0. The number of fused-ring (bicyclic) bond motifs is 1. The molecule has 1 aliphatic rings. The molecule has 0 amide bonds. The molecule has 184 valence electrons. The zero-order chi connectivity index (χ0) is 24.6. The third kappa shape index (κ3) is 8.03. The number of pyridine rings is 1. The van der Waals surface area contributed by atoms with Crippen LogP contribution in [0.15, 0.2) is 45.8 Å². The van der Waals surface area contributed by atoms with E-state index in [1.807, 2.05) is 4.57 Å². The molecule has 0 saturated carbocycles. The lowest BCUT2D eigenvalue weighted by atomic mass is 9.66. The minimum Gasteiger partial charge on any atom is -0.489 e. The molecule has 1 atom stereocenters. The summed E-state index contributed by atoms with van der Waals surface area (Å²) in [5.74, 6) is 1.23. The van der Waals surface area contributed by atoms with E-state index in [1.165, 1.54) is 22.3 Å². The average Bonchev–Trinajstić information content (AvgIpc) is 2.71. The maximum atomic E-state index is 13.0. The third-order valence-electron chi connectivity index (χ3n) is 6.78. The summed E-state index contributed by atoms with van der Waals surface area (Å²) in [5, 5.41) is 9.35. The largest absolute Gasteiger partial charge is 0.489 e. The first-order valence-electron chi connectivity index (χ1n) is 12.5. The SMILES string of the molecule is CC(C)=CCC/C(C)=C/COc1cc(=O)n(CCCO)c2c1CC(CC=C(C)C)C(C)(C)C2. The lowest BCUT2D eigenvalue weighted by Crippen LogP contribution is -2.38. The number of hydrogen-bond donors (Lipinski definition) is 1. The highest BCUT2D eigenvalue weighted by Gasteiger charge is 2.37. The highest BCUT2D eigenvalue weighted by Crippen LogP contribution is 2.44. The molecule has 33 heavy (non-hydrogen) atoms. The third-order valence-corrected chi connectivity index (χ3v) is 6.78. The first kappa shape index (κ1) is 27.2. The van der Waals surface area contributed by atoms with E-state index in [4.69, 9.17) is 4.74 Å². The van der Waals surface area contributed by atoms with Crippen LogP contribution in [0.25, 0.3) is 0 Å². The average molecular weight is 456 g/mol. The molecule has 0 bridgehead atoms. The van der Waals surface area contributed by atoms with Gasteiger partial charge in [-0.1, -0.05) is 42.7 Å². The molecule has 4 heteroatoms. The van der Waals surface area contributed by atoms with Crippen molar-refractivity contribution in [1.82, 2.24) is 4.57 Å². The quantitative estimate of drug-likeness (QED) is 0.393. The second-order valence-electron chi connectivity index (χ2n) is 10.8. The lowest BCUT2D eigenvalue weighted by Gasteiger charge is -2.41. The summed E-state index contributed by atoms with van der Waals surface area (Å²) in [6, 6.07) is 1.67. The van der Waals surface area contributed by atoms with Gasteiger partial charge in [-0.05, 0) is 90.6 Å². The summed E-state index contributed by atoms with van der Waals surface area (Å²) < 4.78 is 8.09. The highest BCUT2D eigenvalue weighted by molar-refractivity contribution is 5.40. The van der Waals surface area contributed by atoms with Gasteiger partial charge in [0.05, 0.1) is 0 Å². The fourth-order valence-corrected chi connectivity index (χ4v) is 4.58. The fourth-order valence-electron chi connectivity index (χ4n) is 4.58. The van der Waals surface area contributed by atoms with E-state index in [0.29, 0.717) is 25.5 Å². The molecule has 1 aromatic rings. The van der Waals surface area contributed by atoms with Crippen LogP contribution < -0.4 is 10.3 Å². The Morgan fingerprint density at radius 2 is 1.85 bits per heavy atom. The summed E-state index contributed by atoms with van der Waals surface area (Å²) in [6.45, 7) is 16.4. The Morgan fingerprint density at radius 3 is 2.48 bits per heavy atom. The van der Waals surface area contributed by atoms with Crippen LogP contribution in [0, 0.1) is 11.3 Å². The molecule has 0 saturated heterocycles. The lowest BCUT2D eigenvalue weighted by molar-refractivity contribution is 0.183. The Morgan fingerprint density at radius 1 is 1.15 bits per heavy atom. The van der Waals surface area contributed by atoms with Gasteiger partial charge < -0.3 is 14.4 Å². The molecule has 0 radical (unpaired) electrons. The van der Waals surface area contributed by atoms with Crippen LogP contribution >= 0.6 is 0 Å². The van der Waals surface area contributed by atoms with Crippen molar-refractivity contribution >= 4 is 0 Å². The Labute approximate surface area is 201 Å². The number of rotatable bonds is 11. The number of aliphatic hydroxyl groups is 1. The number of ether oxygens (including phenoxy) is 1. The number of aromatic nitrogens is 1. The van der Waals surface area contributed by atoms with Gasteiger partial charge in [-0.15, -0.1) is 0 Å². The van der Waals surface area contributed by atoms with Crippen molar-refractivity contribution in [2.24, 2.45) is 11.3 Å². The van der Waals surface area contributed by atoms with Gasteiger partial charge in [0, 0.05) is 30.5 Å². The van der Waals surface area contributed by atoms with E-state index in [1.54, 1.807) is 6.07 Å². The molecule has 1 unspecified atom stereocenters. The van der Waals surface area contributed by atoms with Gasteiger partial charge in [0.15, 0.2) is 0 Å². The van der Waals surface area contributed by atoms with Gasteiger partial charge in [-0.25, -0.2) is 0 Å². The molecule has 1 N–H and O–H groups in total. The Hall–Kier alpha value is -2.07. The number of nitrogens with zero attached hydrogens (tertiary/aromatic N) is 1. The van der Waals surface area contributed by atoms with Gasteiger partial charge in [0.1, 0.15) is 12.4 Å². The highest BCUT2D eigenvalue weighted by atomic mass is 16.5. The smallest absolute Gasteiger partial charge is 0.254 e. The second-order valence-corrected chi connectivity index (χ2v) is 10.8. The van der Waals surface area contributed by atoms with E-state index < -0.39 is 0 Å². The van der Waals surface area contributed by atoms with Crippen LogP contribution in [0.2, 0.25) is 0 Å². The Balaban J connectivity index is 2.33. The van der Waals surface area contributed by atoms with Crippen LogP contribution in [-0.4, -0.2) is 22.9 Å². The van der Waals surface area contributed by atoms with Crippen molar-refractivity contribution < 1.29 is 9.84 Å². The number of hydrogen-bond acceptors (Lipinski definition) is 3. The summed E-state index contributed by atoms with van der Waals surface area (Å²) in [7, 11) is 0. The monoisotopic (exact) mass is 455 g/mol. The summed E-state index contributed by atoms with van der Waals surface area (Å²) in [6.07, 6.45) is 12.2. The van der Waals surface area contributed by atoms with Crippen molar-refractivity contribution in [3.8, 4) is 5.75 Å².